The largest absolute Gasteiger partial charge is 0.319 e. The van der Waals surface area contributed by atoms with Crippen molar-refractivity contribution >= 4 is 34.2 Å². The Morgan fingerprint density at radius 2 is 2.33 bits per heavy atom. The minimum absolute atomic E-state index is 0.218. The highest BCUT2D eigenvalue weighted by molar-refractivity contribution is 14.1. The third kappa shape index (κ3) is 2.32. The molecule has 0 unspecified atom stereocenters. The van der Waals surface area contributed by atoms with Gasteiger partial charge in [-0.15, -0.1) is 0 Å². The number of carbonyl (C=O) groups excluding carboxylic acids is 1. The molecular formula is C9H7IN4O. The van der Waals surface area contributed by atoms with E-state index >= 15 is 0 Å². The molecule has 0 saturated carbocycles. The maximum absolute atomic E-state index is 11.7. The molecule has 0 fully saturated rings. The SMILES string of the molecule is O=C(Nc1cccnc1)c1[nH]ncc1I. The van der Waals surface area contributed by atoms with Crippen LogP contribution in [0.1, 0.15) is 10.5 Å². The molecule has 2 aromatic rings. The van der Waals surface area contributed by atoms with Crippen LogP contribution in [0.25, 0.3) is 0 Å². The van der Waals surface area contributed by atoms with Crippen LogP contribution in [-0.4, -0.2) is 21.1 Å². The van der Waals surface area contributed by atoms with Crippen LogP contribution in [0.2, 0.25) is 0 Å². The fourth-order valence-electron chi connectivity index (χ4n) is 1.06. The monoisotopic (exact) mass is 314 g/mol. The lowest BCUT2D eigenvalue weighted by Crippen LogP contribution is -2.13. The van der Waals surface area contributed by atoms with Crippen LogP contribution in [-0.2, 0) is 0 Å². The minimum Gasteiger partial charge on any atom is -0.319 e. The topological polar surface area (TPSA) is 70.7 Å². The van der Waals surface area contributed by atoms with Gasteiger partial charge in [0, 0.05) is 6.20 Å². The summed E-state index contributed by atoms with van der Waals surface area (Å²) in [6.45, 7) is 0. The highest BCUT2D eigenvalue weighted by Crippen LogP contribution is 2.10. The van der Waals surface area contributed by atoms with Gasteiger partial charge in [0.25, 0.3) is 5.91 Å². The van der Waals surface area contributed by atoms with Crippen molar-refractivity contribution in [2.75, 3.05) is 5.32 Å². The molecule has 15 heavy (non-hydrogen) atoms. The van der Waals surface area contributed by atoms with Crippen molar-refractivity contribution < 1.29 is 4.79 Å². The zero-order chi connectivity index (χ0) is 10.7. The van der Waals surface area contributed by atoms with Crippen molar-refractivity contribution in [1.29, 1.82) is 0 Å². The maximum Gasteiger partial charge on any atom is 0.274 e. The standard InChI is InChI=1S/C9H7IN4O/c10-7-5-12-14-8(7)9(15)13-6-2-1-3-11-4-6/h1-5H,(H,12,14)(H,13,15). The molecule has 76 valence electrons. The molecule has 0 radical (unpaired) electrons. The second-order valence-electron chi connectivity index (χ2n) is 2.79. The first-order chi connectivity index (χ1) is 7.27. The summed E-state index contributed by atoms with van der Waals surface area (Å²) in [5, 5.41) is 9.12. The molecule has 0 saturated heterocycles. The van der Waals surface area contributed by atoms with E-state index in [0.717, 1.165) is 3.57 Å². The van der Waals surface area contributed by atoms with Gasteiger partial charge in [-0.2, -0.15) is 5.10 Å². The van der Waals surface area contributed by atoms with E-state index in [9.17, 15) is 4.79 Å². The van der Waals surface area contributed by atoms with E-state index in [1.807, 2.05) is 22.6 Å². The summed E-state index contributed by atoms with van der Waals surface area (Å²) < 4.78 is 0.786. The Labute approximate surface area is 99.4 Å². The molecule has 2 rings (SSSR count). The molecular weight excluding hydrogens is 307 g/mol. The number of anilines is 1. The van der Waals surface area contributed by atoms with Crippen LogP contribution in [0.15, 0.2) is 30.7 Å². The van der Waals surface area contributed by atoms with Crippen molar-refractivity contribution in [3.8, 4) is 0 Å². The molecule has 2 aromatic heterocycles. The molecule has 1 amide bonds. The van der Waals surface area contributed by atoms with Crippen LogP contribution in [0, 0.1) is 3.57 Å². The Hall–Kier alpha value is -1.44. The lowest BCUT2D eigenvalue weighted by molar-refractivity contribution is 0.102. The van der Waals surface area contributed by atoms with Crippen LogP contribution in [0.5, 0.6) is 0 Å². The summed E-state index contributed by atoms with van der Waals surface area (Å²) >= 11 is 2.04. The van der Waals surface area contributed by atoms with Gasteiger partial charge in [-0.1, -0.05) is 0 Å². The normalized spacial score (nSPS) is 9.93. The highest BCUT2D eigenvalue weighted by Gasteiger charge is 2.11. The van der Waals surface area contributed by atoms with Crippen LogP contribution in [0.3, 0.4) is 0 Å². The molecule has 5 nitrogen and oxygen atoms in total. The van der Waals surface area contributed by atoms with Gasteiger partial charge in [-0.25, -0.2) is 0 Å². The Balaban J connectivity index is 2.15. The Kier molecular flexibility index (Phi) is 2.95. The van der Waals surface area contributed by atoms with Crippen LogP contribution < -0.4 is 5.32 Å². The van der Waals surface area contributed by atoms with Gasteiger partial charge in [0.1, 0.15) is 5.69 Å². The number of pyridine rings is 1. The molecule has 0 aliphatic rings. The number of H-pyrrole nitrogens is 1. The zero-order valence-electron chi connectivity index (χ0n) is 7.57. The number of hydrogen-bond acceptors (Lipinski definition) is 3. The predicted molar refractivity (Wildman–Crippen MR) is 63.5 cm³/mol. The van der Waals surface area contributed by atoms with Gasteiger partial charge >= 0.3 is 0 Å². The smallest absolute Gasteiger partial charge is 0.274 e. The van der Waals surface area contributed by atoms with Gasteiger partial charge < -0.3 is 5.32 Å². The number of aromatic amines is 1. The number of halogens is 1. The van der Waals surface area contributed by atoms with Crippen molar-refractivity contribution in [1.82, 2.24) is 15.2 Å². The van der Waals surface area contributed by atoms with Crippen LogP contribution in [0.4, 0.5) is 5.69 Å². The van der Waals surface area contributed by atoms with Gasteiger partial charge in [0.15, 0.2) is 0 Å². The molecule has 0 atom stereocenters. The Morgan fingerprint density at radius 3 is 2.93 bits per heavy atom. The minimum atomic E-state index is -0.218. The molecule has 0 aromatic carbocycles. The number of amides is 1. The number of carbonyl (C=O) groups is 1. The highest BCUT2D eigenvalue weighted by atomic mass is 127. The summed E-state index contributed by atoms with van der Waals surface area (Å²) in [6.07, 6.45) is 4.83. The fraction of sp³-hybridized carbons (Fsp3) is 0. The van der Waals surface area contributed by atoms with E-state index < -0.39 is 0 Å². The molecule has 2 N–H and O–H groups in total. The molecule has 0 aliphatic carbocycles. The first-order valence-corrected chi connectivity index (χ1v) is 5.25. The number of rotatable bonds is 2. The van der Waals surface area contributed by atoms with Crippen molar-refractivity contribution in [2.45, 2.75) is 0 Å². The Morgan fingerprint density at radius 1 is 1.47 bits per heavy atom. The van der Waals surface area contributed by atoms with Gasteiger partial charge in [-0.3, -0.25) is 14.9 Å². The summed E-state index contributed by atoms with van der Waals surface area (Å²) in [5.74, 6) is -0.218. The zero-order valence-corrected chi connectivity index (χ0v) is 9.72. The first-order valence-electron chi connectivity index (χ1n) is 4.17. The quantitative estimate of drug-likeness (QED) is 0.828. The molecule has 0 aliphatic heterocycles. The molecule has 6 heteroatoms. The average Bonchev–Trinajstić information content (AvgIpc) is 2.66. The number of nitrogens with zero attached hydrogens (tertiary/aromatic N) is 2. The lowest BCUT2D eigenvalue weighted by Gasteiger charge is -2.02. The van der Waals surface area contributed by atoms with Crippen LogP contribution >= 0.6 is 22.6 Å². The molecule has 0 spiro atoms. The summed E-state index contributed by atoms with van der Waals surface area (Å²) in [6, 6.07) is 3.53. The van der Waals surface area contributed by atoms with Crippen molar-refractivity contribution in [2.24, 2.45) is 0 Å². The predicted octanol–water partition coefficient (Wildman–Crippen LogP) is 1.66. The number of nitrogens with one attached hydrogen (secondary N) is 2. The lowest BCUT2D eigenvalue weighted by atomic mass is 10.3. The summed E-state index contributed by atoms with van der Waals surface area (Å²) in [5.41, 5.74) is 1.12. The van der Waals surface area contributed by atoms with Gasteiger partial charge in [0.2, 0.25) is 0 Å². The maximum atomic E-state index is 11.7. The average molecular weight is 314 g/mol. The second-order valence-corrected chi connectivity index (χ2v) is 3.95. The summed E-state index contributed by atoms with van der Waals surface area (Å²) in [4.78, 5) is 15.6. The molecule has 2 heterocycles. The fourth-order valence-corrected chi connectivity index (χ4v) is 1.57. The van der Waals surface area contributed by atoms with Gasteiger partial charge in [0.05, 0.1) is 21.7 Å². The second kappa shape index (κ2) is 4.39. The van der Waals surface area contributed by atoms with Gasteiger partial charge in [-0.05, 0) is 34.7 Å². The van der Waals surface area contributed by atoms with E-state index in [2.05, 4.69) is 20.5 Å². The number of aromatic nitrogens is 3. The third-order valence-corrected chi connectivity index (χ3v) is 2.56. The van der Waals surface area contributed by atoms with Crippen molar-refractivity contribution in [3.05, 3.63) is 40.0 Å². The van der Waals surface area contributed by atoms with E-state index in [0.29, 0.717) is 11.4 Å². The third-order valence-electron chi connectivity index (χ3n) is 1.74. The van der Waals surface area contributed by atoms with E-state index in [1.165, 1.54) is 0 Å². The first kappa shape index (κ1) is 10.1. The van der Waals surface area contributed by atoms with E-state index in [-0.39, 0.29) is 5.91 Å². The number of hydrogen-bond donors (Lipinski definition) is 2. The van der Waals surface area contributed by atoms with E-state index in [4.69, 9.17) is 0 Å². The van der Waals surface area contributed by atoms with E-state index in [1.54, 1.807) is 30.7 Å². The Bertz CT molecular complexity index is 468. The van der Waals surface area contributed by atoms with Crippen molar-refractivity contribution in [3.63, 3.8) is 0 Å². The summed E-state index contributed by atoms with van der Waals surface area (Å²) in [7, 11) is 0. The molecule has 0 bridgehead atoms.